The molecule has 1 unspecified atom stereocenters. The number of nitrogens with zero attached hydrogens (tertiary/aromatic N) is 1. The summed E-state index contributed by atoms with van der Waals surface area (Å²) < 4.78 is 68.1. The first-order valence-electron chi connectivity index (χ1n) is 9.05. The lowest BCUT2D eigenvalue weighted by molar-refractivity contribution is -0.274. The number of rotatable bonds is 6. The molecule has 6 nitrogen and oxygen atoms in total. The number of fused-ring (bicyclic) bond motifs is 1. The van der Waals surface area contributed by atoms with Gasteiger partial charge in [-0.15, -0.1) is 13.2 Å². The Balaban J connectivity index is 1.82. The minimum atomic E-state index is -4.85. The molecule has 0 aromatic heterocycles. The molecule has 158 valence electrons. The number of benzene rings is 2. The van der Waals surface area contributed by atoms with Crippen molar-refractivity contribution in [1.29, 1.82) is 0 Å². The number of halogens is 3. The quantitative estimate of drug-likeness (QED) is 0.728. The Labute approximate surface area is 167 Å². The van der Waals surface area contributed by atoms with Gasteiger partial charge in [0.2, 0.25) is 0 Å². The van der Waals surface area contributed by atoms with E-state index in [2.05, 4.69) is 9.46 Å². The molecule has 3 rings (SSSR count). The van der Waals surface area contributed by atoms with Gasteiger partial charge in [0, 0.05) is 12.2 Å². The molecule has 0 saturated heterocycles. The molecule has 1 aliphatic rings. The van der Waals surface area contributed by atoms with Crippen LogP contribution in [-0.4, -0.2) is 32.7 Å². The number of nitrogens with one attached hydrogen (secondary N) is 1. The molecule has 0 radical (unpaired) electrons. The van der Waals surface area contributed by atoms with E-state index in [0.29, 0.717) is 18.7 Å². The largest absolute Gasteiger partial charge is 0.573 e. The number of anilines is 2. The van der Waals surface area contributed by atoms with Crippen molar-refractivity contribution < 1.29 is 31.4 Å². The highest BCUT2D eigenvalue weighted by Crippen LogP contribution is 2.32. The molecule has 10 heteroatoms. The Morgan fingerprint density at radius 3 is 2.52 bits per heavy atom. The van der Waals surface area contributed by atoms with Crippen LogP contribution in [0.1, 0.15) is 25.3 Å². The molecule has 2 aromatic carbocycles. The van der Waals surface area contributed by atoms with Gasteiger partial charge in [-0.2, -0.15) is 0 Å². The van der Waals surface area contributed by atoms with Crippen molar-refractivity contribution in [2.24, 2.45) is 0 Å². The number of alkyl halides is 3. The monoisotopic (exact) mass is 430 g/mol. The minimum absolute atomic E-state index is 0.199. The van der Waals surface area contributed by atoms with Crippen molar-refractivity contribution in [2.75, 3.05) is 16.2 Å². The third-order valence-electron chi connectivity index (χ3n) is 4.58. The van der Waals surface area contributed by atoms with Crippen molar-refractivity contribution in [1.82, 2.24) is 0 Å². The van der Waals surface area contributed by atoms with Crippen LogP contribution in [0.5, 0.6) is 5.75 Å². The van der Waals surface area contributed by atoms with E-state index in [0.717, 1.165) is 48.4 Å². The lowest BCUT2D eigenvalue weighted by Crippen LogP contribution is -2.38. The molecule has 0 amide bonds. The zero-order valence-electron chi connectivity index (χ0n) is 15.6. The number of aryl methyl sites for hydroxylation is 1. The van der Waals surface area contributed by atoms with Gasteiger partial charge in [0.25, 0.3) is 10.0 Å². The summed E-state index contributed by atoms with van der Waals surface area (Å²) in [4.78, 5) is 1.63. The zero-order valence-corrected chi connectivity index (χ0v) is 16.4. The molecule has 0 fully saturated rings. The zero-order chi connectivity index (χ0) is 21.2. The Morgan fingerprint density at radius 2 is 1.90 bits per heavy atom. The predicted octanol–water partition coefficient (Wildman–Crippen LogP) is 3.87. The molecule has 0 saturated carbocycles. The second-order valence-electron chi connectivity index (χ2n) is 6.65. The van der Waals surface area contributed by atoms with Crippen LogP contribution in [0.3, 0.4) is 0 Å². The topological polar surface area (TPSA) is 78.9 Å². The average Bonchev–Trinajstić information content (AvgIpc) is 2.65. The van der Waals surface area contributed by atoms with Crippen LogP contribution in [0.25, 0.3) is 0 Å². The lowest BCUT2D eigenvalue weighted by Gasteiger charge is -2.35. The molecular weight excluding hydrogens is 409 g/mol. The van der Waals surface area contributed by atoms with Crippen LogP contribution in [-0.2, 0) is 16.4 Å². The summed E-state index contributed by atoms with van der Waals surface area (Å²) in [6, 6.07) is 9.04. The van der Waals surface area contributed by atoms with Crippen LogP contribution in [0.2, 0.25) is 0 Å². The van der Waals surface area contributed by atoms with Crippen LogP contribution >= 0.6 is 0 Å². The van der Waals surface area contributed by atoms with E-state index in [4.69, 9.17) is 0 Å². The van der Waals surface area contributed by atoms with Gasteiger partial charge in [-0.25, -0.2) is 8.42 Å². The van der Waals surface area contributed by atoms with Crippen molar-refractivity contribution in [3.63, 3.8) is 0 Å². The average molecular weight is 430 g/mol. The van der Waals surface area contributed by atoms with E-state index in [9.17, 15) is 26.7 Å². The summed E-state index contributed by atoms with van der Waals surface area (Å²) in [5, 5.41) is 10.2. The second-order valence-corrected chi connectivity index (χ2v) is 8.34. The maximum absolute atomic E-state index is 12.6. The van der Waals surface area contributed by atoms with Crippen molar-refractivity contribution >= 4 is 21.4 Å². The molecule has 0 spiro atoms. The maximum Gasteiger partial charge on any atom is 0.573 e. The van der Waals surface area contributed by atoms with Crippen LogP contribution in [0, 0.1) is 0 Å². The molecule has 2 aromatic rings. The van der Waals surface area contributed by atoms with Gasteiger partial charge in [-0.3, -0.25) is 4.72 Å². The van der Waals surface area contributed by atoms with Gasteiger partial charge in [0.15, 0.2) is 0 Å². The highest BCUT2D eigenvalue weighted by Gasteiger charge is 2.31. The van der Waals surface area contributed by atoms with E-state index in [-0.39, 0.29) is 4.90 Å². The van der Waals surface area contributed by atoms with Crippen molar-refractivity contribution in [3.05, 3.63) is 48.0 Å². The van der Waals surface area contributed by atoms with E-state index in [1.54, 1.807) is 12.1 Å². The number of hydrogen-bond acceptors (Lipinski definition) is 5. The number of aliphatic hydroxyl groups excluding tert-OH is 1. The predicted molar refractivity (Wildman–Crippen MR) is 102 cm³/mol. The summed E-state index contributed by atoms with van der Waals surface area (Å²) >= 11 is 0. The highest BCUT2D eigenvalue weighted by atomic mass is 32.2. The number of sulfonamides is 1. The van der Waals surface area contributed by atoms with Gasteiger partial charge in [0.1, 0.15) is 12.0 Å². The lowest BCUT2D eigenvalue weighted by atomic mass is 10.0. The first kappa shape index (κ1) is 21.3. The maximum atomic E-state index is 12.6. The Kier molecular flexibility index (Phi) is 5.95. The first-order chi connectivity index (χ1) is 13.6. The number of hydrogen-bond donors (Lipinski definition) is 2. The van der Waals surface area contributed by atoms with Gasteiger partial charge in [-0.05, 0) is 61.2 Å². The van der Waals surface area contributed by atoms with Gasteiger partial charge in [-0.1, -0.05) is 13.0 Å². The minimum Gasteiger partial charge on any atom is -0.406 e. The fraction of sp³-hybridized carbons (Fsp3) is 0.368. The van der Waals surface area contributed by atoms with E-state index in [1.807, 2.05) is 17.9 Å². The van der Waals surface area contributed by atoms with E-state index < -0.39 is 28.4 Å². The van der Waals surface area contributed by atoms with E-state index >= 15 is 0 Å². The fourth-order valence-corrected chi connectivity index (χ4v) is 4.28. The van der Waals surface area contributed by atoms with Gasteiger partial charge >= 0.3 is 6.36 Å². The normalized spacial score (nSPS) is 15.6. The number of aliphatic hydroxyl groups is 1. The summed E-state index contributed by atoms with van der Waals surface area (Å²) in [5.74, 6) is -0.505. The Bertz CT molecular complexity index is 962. The van der Waals surface area contributed by atoms with E-state index in [1.165, 1.54) is 0 Å². The first-order valence-corrected chi connectivity index (χ1v) is 10.5. The Morgan fingerprint density at radius 1 is 1.21 bits per heavy atom. The van der Waals surface area contributed by atoms with Crippen LogP contribution < -0.4 is 14.4 Å². The van der Waals surface area contributed by atoms with Gasteiger partial charge in [0.05, 0.1) is 10.6 Å². The fourth-order valence-electron chi connectivity index (χ4n) is 3.23. The molecule has 1 aliphatic heterocycles. The molecule has 1 heterocycles. The molecular formula is C19H21F3N2O4S. The highest BCUT2D eigenvalue weighted by molar-refractivity contribution is 7.92. The summed E-state index contributed by atoms with van der Waals surface area (Å²) in [6.07, 6.45) is -3.27. The molecule has 0 aliphatic carbocycles. The molecule has 1 atom stereocenters. The molecule has 2 N–H and O–H groups in total. The standard InChI is InChI=1S/C19H21F3N2O4S/c1-2-18(25)24-11-3-4-13-5-6-14(12-17(13)24)23-29(26,27)16-9-7-15(8-10-16)28-19(20,21)22/h5-10,12,18,23,25H,2-4,11H2,1H3. The van der Waals surface area contributed by atoms with Crippen molar-refractivity contribution in [2.45, 2.75) is 43.7 Å². The van der Waals surface area contributed by atoms with Crippen LogP contribution in [0.15, 0.2) is 47.4 Å². The summed E-state index contributed by atoms with van der Waals surface area (Å²) in [5.41, 5.74) is 2.08. The Hall–Kier alpha value is -2.46. The van der Waals surface area contributed by atoms with Gasteiger partial charge < -0.3 is 14.7 Å². The summed E-state index contributed by atoms with van der Waals surface area (Å²) in [6.45, 7) is 2.52. The molecule has 0 bridgehead atoms. The van der Waals surface area contributed by atoms with Crippen molar-refractivity contribution in [3.8, 4) is 5.75 Å². The third-order valence-corrected chi connectivity index (χ3v) is 5.98. The second kappa shape index (κ2) is 8.11. The molecule has 29 heavy (non-hydrogen) atoms. The van der Waals surface area contributed by atoms with Crippen LogP contribution in [0.4, 0.5) is 24.5 Å². The third kappa shape index (κ3) is 5.13. The summed E-state index contributed by atoms with van der Waals surface area (Å²) in [7, 11) is -4.01. The number of ether oxygens (including phenoxy) is 1. The SMILES string of the molecule is CCC(O)N1CCCc2ccc(NS(=O)(=O)c3ccc(OC(F)(F)F)cc3)cc21. The smallest absolute Gasteiger partial charge is 0.406 e.